The highest BCUT2D eigenvalue weighted by Gasteiger charge is 2.31. The Morgan fingerprint density at radius 3 is 2.22 bits per heavy atom. The molecule has 7 nitrogen and oxygen atoms in total. The summed E-state index contributed by atoms with van der Waals surface area (Å²) in [5.74, 6) is -0.791. The second kappa shape index (κ2) is 10.8. The third kappa shape index (κ3) is 6.46. The fourth-order valence-electron chi connectivity index (χ4n) is 3.33. The van der Waals surface area contributed by atoms with E-state index in [1.54, 1.807) is 19.1 Å². The molecule has 2 aromatic carbocycles. The van der Waals surface area contributed by atoms with E-state index in [0.29, 0.717) is 17.1 Å². The maximum absolute atomic E-state index is 13.4. The number of rotatable bonds is 9. The van der Waals surface area contributed by atoms with Gasteiger partial charge in [0.2, 0.25) is 21.8 Å². The van der Waals surface area contributed by atoms with Gasteiger partial charge in [0.05, 0.1) is 11.9 Å². The summed E-state index contributed by atoms with van der Waals surface area (Å²) >= 11 is 6.19. The highest BCUT2D eigenvalue weighted by atomic mass is 35.5. The lowest BCUT2D eigenvalue weighted by molar-refractivity contribution is -0.140. The molecular weight excluding hydrogens is 450 g/mol. The summed E-state index contributed by atoms with van der Waals surface area (Å²) in [4.78, 5) is 27.4. The van der Waals surface area contributed by atoms with Crippen molar-refractivity contribution >= 4 is 39.1 Å². The minimum Gasteiger partial charge on any atom is -0.357 e. The zero-order valence-corrected chi connectivity index (χ0v) is 20.6. The Balaban J connectivity index is 2.43. The molecule has 2 rings (SSSR count). The Hall–Kier alpha value is -2.58. The molecule has 0 aliphatic carbocycles. The van der Waals surface area contributed by atoms with Gasteiger partial charge >= 0.3 is 0 Å². The maximum Gasteiger partial charge on any atom is 0.244 e. The molecule has 0 bridgehead atoms. The predicted molar refractivity (Wildman–Crippen MR) is 128 cm³/mol. The lowest BCUT2D eigenvalue weighted by Gasteiger charge is -2.32. The lowest BCUT2D eigenvalue weighted by Crippen LogP contribution is -2.51. The molecule has 0 aliphatic rings. The van der Waals surface area contributed by atoms with Crippen molar-refractivity contribution in [1.29, 1.82) is 0 Å². The van der Waals surface area contributed by atoms with Crippen molar-refractivity contribution in [3.63, 3.8) is 0 Å². The second-order valence-electron chi connectivity index (χ2n) is 7.75. The highest BCUT2D eigenvalue weighted by molar-refractivity contribution is 7.92. The van der Waals surface area contributed by atoms with Gasteiger partial charge in [-0.3, -0.25) is 13.9 Å². The smallest absolute Gasteiger partial charge is 0.244 e. The van der Waals surface area contributed by atoms with Crippen LogP contribution in [0.1, 0.15) is 30.0 Å². The number of likely N-dealkylation sites (N-methyl/N-ethyl adjacent to an activating group) is 1. The molecule has 0 aliphatic heterocycles. The number of carbonyl (C=O) groups is 2. The van der Waals surface area contributed by atoms with E-state index in [4.69, 9.17) is 11.6 Å². The summed E-state index contributed by atoms with van der Waals surface area (Å²) in [6.45, 7) is 5.31. The average molecular weight is 480 g/mol. The monoisotopic (exact) mass is 479 g/mol. The summed E-state index contributed by atoms with van der Waals surface area (Å²) in [6, 6.07) is 11.7. The predicted octanol–water partition coefficient (Wildman–Crippen LogP) is 3.28. The fraction of sp³-hybridized carbons (Fsp3) is 0.391. The number of carbonyl (C=O) groups excluding carboxylic acids is 2. The standard InChI is InChI=1S/C23H30ClN3O4S/c1-6-21(23(29)25-4)26(14-18-10-7-16(2)8-11-18)22(28)15-27(32(5,30)31)19-12-9-17(3)20(24)13-19/h7-13,21H,6,14-15H2,1-5H3,(H,25,29)/t21-/m0/s1. The number of anilines is 1. The van der Waals surface area contributed by atoms with Crippen LogP contribution in [-0.4, -0.2) is 51.0 Å². The van der Waals surface area contributed by atoms with Crippen LogP contribution in [0.25, 0.3) is 0 Å². The van der Waals surface area contributed by atoms with E-state index in [0.717, 1.165) is 27.3 Å². The summed E-state index contributed by atoms with van der Waals surface area (Å²) in [6.07, 6.45) is 1.42. The van der Waals surface area contributed by atoms with Gasteiger partial charge < -0.3 is 10.2 Å². The molecule has 0 saturated heterocycles. The first-order valence-electron chi connectivity index (χ1n) is 10.3. The van der Waals surface area contributed by atoms with Gasteiger partial charge in [-0.15, -0.1) is 0 Å². The van der Waals surface area contributed by atoms with Crippen LogP contribution >= 0.6 is 11.6 Å². The van der Waals surface area contributed by atoms with Crippen molar-refractivity contribution in [1.82, 2.24) is 10.2 Å². The van der Waals surface area contributed by atoms with Gasteiger partial charge in [0.15, 0.2) is 0 Å². The molecule has 0 radical (unpaired) electrons. The van der Waals surface area contributed by atoms with Crippen LogP contribution in [0, 0.1) is 13.8 Å². The van der Waals surface area contributed by atoms with Crippen molar-refractivity contribution in [2.45, 2.75) is 39.8 Å². The molecule has 2 amide bonds. The van der Waals surface area contributed by atoms with Gasteiger partial charge in [-0.05, 0) is 43.5 Å². The lowest BCUT2D eigenvalue weighted by atomic mass is 10.1. The van der Waals surface area contributed by atoms with Gasteiger partial charge in [0, 0.05) is 18.6 Å². The normalized spacial score (nSPS) is 12.2. The zero-order chi connectivity index (χ0) is 24.1. The van der Waals surface area contributed by atoms with Crippen LogP contribution in [-0.2, 0) is 26.2 Å². The number of nitrogens with one attached hydrogen (secondary N) is 1. The molecule has 32 heavy (non-hydrogen) atoms. The van der Waals surface area contributed by atoms with Crippen molar-refractivity contribution in [2.75, 3.05) is 24.2 Å². The van der Waals surface area contributed by atoms with E-state index in [9.17, 15) is 18.0 Å². The van der Waals surface area contributed by atoms with Gasteiger partial charge in [0.1, 0.15) is 12.6 Å². The number of benzene rings is 2. The molecule has 0 aromatic heterocycles. The van der Waals surface area contributed by atoms with Gasteiger partial charge in [-0.2, -0.15) is 0 Å². The van der Waals surface area contributed by atoms with Gasteiger partial charge in [-0.25, -0.2) is 8.42 Å². The van der Waals surface area contributed by atoms with Crippen molar-refractivity contribution < 1.29 is 18.0 Å². The van der Waals surface area contributed by atoms with Crippen LogP contribution in [0.5, 0.6) is 0 Å². The number of amides is 2. The SMILES string of the molecule is CC[C@@H](C(=O)NC)N(Cc1ccc(C)cc1)C(=O)CN(c1ccc(C)c(Cl)c1)S(C)(=O)=O. The summed E-state index contributed by atoms with van der Waals surface area (Å²) < 4.78 is 26.1. The Morgan fingerprint density at radius 1 is 1.09 bits per heavy atom. The average Bonchev–Trinajstić information content (AvgIpc) is 2.74. The third-order valence-electron chi connectivity index (χ3n) is 5.23. The highest BCUT2D eigenvalue weighted by Crippen LogP contribution is 2.25. The van der Waals surface area contributed by atoms with E-state index in [1.165, 1.54) is 18.0 Å². The van der Waals surface area contributed by atoms with E-state index in [2.05, 4.69) is 5.32 Å². The minimum atomic E-state index is -3.79. The first-order valence-corrected chi connectivity index (χ1v) is 12.5. The number of sulfonamides is 1. The molecule has 1 atom stereocenters. The van der Waals surface area contributed by atoms with Crippen molar-refractivity contribution in [3.05, 3.63) is 64.2 Å². The third-order valence-corrected chi connectivity index (χ3v) is 6.78. The topological polar surface area (TPSA) is 86.8 Å². The number of nitrogens with zero attached hydrogens (tertiary/aromatic N) is 2. The van der Waals surface area contributed by atoms with Gasteiger partial charge in [-0.1, -0.05) is 54.4 Å². The maximum atomic E-state index is 13.4. The van der Waals surface area contributed by atoms with Crippen LogP contribution in [0.15, 0.2) is 42.5 Å². The minimum absolute atomic E-state index is 0.178. The van der Waals surface area contributed by atoms with Crippen molar-refractivity contribution in [2.24, 2.45) is 0 Å². The number of hydrogen-bond acceptors (Lipinski definition) is 4. The Morgan fingerprint density at radius 2 is 1.72 bits per heavy atom. The van der Waals surface area contributed by atoms with E-state index in [-0.39, 0.29) is 12.5 Å². The van der Waals surface area contributed by atoms with Crippen molar-refractivity contribution in [3.8, 4) is 0 Å². The zero-order valence-electron chi connectivity index (χ0n) is 19.1. The molecule has 0 spiro atoms. The summed E-state index contributed by atoms with van der Waals surface area (Å²) in [7, 11) is -2.28. The molecule has 0 unspecified atom stereocenters. The first-order chi connectivity index (χ1) is 15.0. The largest absolute Gasteiger partial charge is 0.357 e. The summed E-state index contributed by atoms with van der Waals surface area (Å²) in [5, 5.41) is 2.99. The molecule has 1 N–H and O–H groups in total. The summed E-state index contributed by atoms with van der Waals surface area (Å²) in [5.41, 5.74) is 3.00. The number of hydrogen-bond donors (Lipinski definition) is 1. The number of aryl methyl sites for hydroxylation is 2. The van der Waals surface area contributed by atoms with E-state index < -0.39 is 28.5 Å². The molecule has 0 fully saturated rings. The molecule has 0 saturated carbocycles. The Labute approximate surface area is 195 Å². The second-order valence-corrected chi connectivity index (χ2v) is 10.1. The van der Waals surface area contributed by atoms with Crippen LogP contribution < -0.4 is 9.62 Å². The van der Waals surface area contributed by atoms with E-state index in [1.807, 2.05) is 38.1 Å². The molecule has 174 valence electrons. The quantitative estimate of drug-likeness (QED) is 0.598. The Kier molecular flexibility index (Phi) is 8.69. The van der Waals surface area contributed by atoms with Crippen LogP contribution in [0.3, 0.4) is 0 Å². The fourth-order valence-corrected chi connectivity index (χ4v) is 4.34. The molecule has 0 heterocycles. The molecular formula is C23H30ClN3O4S. The van der Waals surface area contributed by atoms with Gasteiger partial charge in [0.25, 0.3) is 0 Å². The van der Waals surface area contributed by atoms with Crippen LogP contribution in [0.4, 0.5) is 5.69 Å². The van der Waals surface area contributed by atoms with E-state index >= 15 is 0 Å². The molecule has 2 aromatic rings. The Bertz CT molecular complexity index is 1070. The molecule has 9 heteroatoms. The van der Waals surface area contributed by atoms with Crippen LogP contribution in [0.2, 0.25) is 5.02 Å². The number of halogens is 1. The first kappa shape index (κ1) is 25.7.